The molecule has 0 spiro atoms. The topological polar surface area (TPSA) is 55.0 Å². The van der Waals surface area contributed by atoms with Crippen LogP contribution >= 0.6 is 0 Å². The molecule has 2 aromatic rings. The molecule has 0 saturated carbocycles. The Morgan fingerprint density at radius 2 is 2.00 bits per heavy atom. The highest BCUT2D eigenvalue weighted by molar-refractivity contribution is 5.56. The summed E-state index contributed by atoms with van der Waals surface area (Å²) in [6, 6.07) is 6.37. The Morgan fingerprint density at radius 1 is 1.28 bits per heavy atom. The molecule has 0 atom stereocenters. The van der Waals surface area contributed by atoms with Crippen LogP contribution in [0.5, 0.6) is 0 Å². The van der Waals surface area contributed by atoms with E-state index in [1.807, 2.05) is 17.9 Å². The highest BCUT2D eigenvalue weighted by Gasteiger charge is 2.10. The summed E-state index contributed by atoms with van der Waals surface area (Å²) >= 11 is 0. The first-order valence-electron chi connectivity index (χ1n) is 5.78. The van der Waals surface area contributed by atoms with Crippen LogP contribution in [0.25, 0.3) is 0 Å². The number of aromatic nitrogens is 2. The van der Waals surface area contributed by atoms with Crippen molar-refractivity contribution in [2.24, 2.45) is 5.73 Å². The molecule has 5 heteroatoms. The van der Waals surface area contributed by atoms with Gasteiger partial charge < -0.3 is 10.6 Å². The van der Waals surface area contributed by atoms with E-state index in [1.54, 1.807) is 18.5 Å². The van der Waals surface area contributed by atoms with Gasteiger partial charge in [-0.15, -0.1) is 0 Å². The molecule has 94 valence electrons. The van der Waals surface area contributed by atoms with Crippen molar-refractivity contribution in [2.75, 3.05) is 11.4 Å². The summed E-state index contributed by atoms with van der Waals surface area (Å²) in [6.45, 7) is 3.03. The molecule has 0 saturated heterocycles. The summed E-state index contributed by atoms with van der Waals surface area (Å²) in [5, 5.41) is 0. The predicted molar refractivity (Wildman–Crippen MR) is 69.0 cm³/mol. The number of benzene rings is 1. The van der Waals surface area contributed by atoms with E-state index in [0.717, 1.165) is 11.3 Å². The molecule has 0 aliphatic heterocycles. The highest BCUT2D eigenvalue weighted by atomic mass is 19.1. The van der Waals surface area contributed by atoms with Crippen molar-refractivity contribution in [2.45, 2.75) is 13.5 Å². The van der Waals surface area contributed by atoms with Crippen molar-refractivity contribution in [3.63, 3.8) is 0 Å². The molecule has 4 nitrogen and oxygen atoms in total. The van der Waals surface area contributed by atoms with Crippen LogP contribution in [0.4, 0.5) is 16.0 Å². The Labute approximate surface area is 105 Å². The van der Waals surface area contributed by atoms with Crippen molar-refractivity contribution in [1.82, 2.24) is 9.97 Å². The van der Waals surface area contributed by atoms with Gasteiger partial charge in [-0.2, -0.15) is 0 Å². The number of nitrogens with two attached hydrogens (primary N) is 1. The summed E-state index contributed by atoms with van der Waals surface area (Å²) in [6.07, 6.45) is 3.37. The Kier molecular flexibility index (Phi) is 3.84. The fraction of sp³-hybridized carbons (Fsp3) is 0.231. The lowest BCUT2D eigenvalue weighted by Gasteiger charge is -2.20. The molecule has 0 amide bonds. The largest absolute Gasteiger partial charge is 0.326 e. The van der Waals surface area contributed by atoms with Gasteiger partial charge in [-0.25, -0.2) is 14.4 Å². The van der Waals surface area contributed by atoms with Crippen molar-refractivity contribution >= 4 is 11.6 Å². The van der Waals surface area contributed by atoms with Crippen LogP contribution in [-0.2, 0) is 6.54 Å². The molecule has 0 unspecified atom stereocenters. The summed E-state index contributed by atoms with van der Waals surface area (Å²) in [5.74, 6) is 0.268. The average molecular weight is 246 g/mol. The van der Waals surface area contributed by atoms with E-state index < -0.39 is 0 Å². The molecule has 0 radical (unpaired) electrons. The number of hydrogen-bond donors (Lipinski definition) is 1. The molecule has 0 fully saturated rings. The van der Waals surface area contributed by atoms with Gasteiger partial charge in [0, 0.05) is 36.7 Å². The van der Waals surface area contributed by atoms with Crippen LogP contribution < -0.4 is 10.6 Å². The standard InChI is InChI=1S/C13H15FN4/c1-2-18(12-5-3-4-11(14)6-12)13-16-8-10(7-15)9-17-13/h3-6,8-9H,2,7,15H2,1H3. The van der Waals surface area contributed by atoms with Gasteiger partial charge in [0.05, 0.1) is 0 Å². The number of nitrogens with zero attached hydrogens (tertiary/aromatic N) is 3. The normalized spacial score (nSPS) is 10.4. The fourth-order valence-corrected chi connectivity index (χ4v) is 1.68. The maximum atomic E-state index is 13.2. The first-order chi connectivity index (χ1) is 8.74. The molecule has 0 aliphatic rings. The maximum Gasteiger partial charge on any atom is 0.229 e. The molecule has 1 aromatic carbocycles. The van der Waals surface area contributed by atoms with Crippen LogP contribution in [0.2, 0.25) is 0 Å². The zero-order valence-corrected chi connectivity index (χ0v) is 10.2. The summed E-state index contributed by atoms with van der Waals surface area (Å²) in [5.41, 5.74) is 7.10. The van der Waals surface area contributed by atoms with Crippen LogP contribution in [0.15, 0.2) is 36.7 Å². The highest BCUT2D eigenvalue weighted by Crippen LogP contribution is 2.21. The summed E-state index contributed by atoms with van der Waals surface area (Å²) in [7, 11) is 0. The van der Waals surface area contributed by atoms with E-state index in [-0.39, 0.29) is 5.82 Å². The third kappa shape index (κ3) is 2.62. The first kappa shape index (κ1) is 12.4. The number of hydrogen-bond acceptors (Lipinski definition) is 4. The zero-order valence-electron chi connectivity index (χ0n) is 10.2. The lowest BCUT2D eigenvalue weighted by atomic mass is 10.3. The molecule has 1 heterocycles. The lowest BCUT2D eigenvalue weighted by Crippen LogP contribution is -2.19. The van der Waals surface area contributed by atoms with Crippen LogP contribution in [0.3, 0.4) is 0 Å². The quantitative estimate of drug-likeness (QED) is 0.898. The number of anilines is 2. The van der Waals surface area contributed by atoms with Crippen molar-refractivity contribution in [3.8, 4) is 0 Å². The minimum absolute atomic E-state index is 0.274. The Hall–Kier alpha value is -2.01. The Balaban J connectivity index is 2.32. The molecule has 18 heavy (non-hydrogen) atoms. The fourth-order valence-electron chi connectivity index (χ4n) is 1.68. The third-order valence-corrected chi connectivity index (χ3v) is 2.60. The molecular formula is C13H15FN4. The first-order valence-corrected chi connectivity index (χ1v) is 5.78. The van der Waals surface area contributed by atoms with Gasteiger partial charge >= 0.3 is 0 Å². The Morgan fingerprint density at radius 3 is 2.56 bits per heavy atom. The van der Waals surface area contributed by atoms with Crippen molar-refractivity contribution in [3.05, 3.63) is 48.0 Å². The SMILES string of the molecule is CCN(c1cccc(F)c1)c1ncc(CN)cn1. The number of rotatable bonds is 4. The monoisotopic (exact) mass is 246 g/mol. The van der Waals surface area contributed by atoms with E-state index in [4.69, 9.17) is 5.73 Å². The van der Waals surface area contributed by atoms with Crippen LogP contribution in [0.1, 0.15) is 12.5 Å². The second-order valence-electron chi connectivity index (χ2n) is 3.82. The lowest BCUT2D eigenvalue weighted by molar-refractivity contribution is 0.627. The molecule has 0 bridgehead atoms. The predicted octanol–water partition coefficient (Wildman–Crippen LogP) is 2.23. The second-order valence-corrected chi connectivity index (χ2v) is 3.82. The van der Waals surface area contributed by atoms with E-state index in [0.29, 0.717) is 19.0 Å². The smallest absolute Gasteiger partial charge is 0.229 e. The van der Waals surface area contributed by atoms with Gasteiger partial charge in [0.1, 0.15) is 5.82 Å². The van der Waals surface area contributed by atoms with Gasteiger partial charge in [-0.05, 0) is 25.1 Å². The van der Waals surface area contributed by atoms with Gasteiger partial charge in [0.25, 0.3) is 0 Å². The van der Waals surface area contributed by atoms with Gasteiger partial charge in [0.15, 0.2) is 0 Å². The Bertz CT molecular complexity index is 513. The summed E-state index contributed by atoms with van der Waals surface area (Å²) in [4.78, 5) is 10.3. The van der Waals surface area contributed by atoms with E-state index >= 15 is 0 Å². The average Bonchev–Trinajstić information content (AvgIpc) is 2.40. The van der Waals surface area contributed by atoms with Crippen molar-refractivity contribution in [1.29, 1.82) is 0 Å². The van der Waals surface area contributed by atoms with Gasteiger partial charge in [0.2, 0.25) is 5.95 Å². The molecule has 2 rings (SSSR count). The van der Waals surface area contributed by atoms with Crippen molar-refractivity contribution < 1.29 is 4.39 Å². The van der Waals surface area contributed by atoms with E-state index in [1.165, 1.54) is 12.1 Å². The second kappa shape index (κ2) is 5.55. The molecular weight excluding hydrogens is 231 g/mol. The third-order valence-electron chi connectivity index (χ3n) is 2.60. The minimum Gasteiger partial charge on any atom is -0.326 e. The maximum absolute atomic E-state index is 13.2. The van der Waals surface area contributed by atoms with E-state index in [2.05, 4.69) is 9.97 Å². The molecule has 0 aliphatic carbocycles. The van der Waals surface area contributed by atoms with Gasteiger partial charge in [-0.1, -0.05) is 6.07 Å². The van der Waals surface area contributed by atoms with E-state index in [9.17, 15) is 4.39 Å². The van der Waals surface area contributed by atoms with Crippen LogP contribution in [0, 0.1) is 5.82 Å². The molecule has 1 aromatic heterocycles. The summed E-state index contributed by atoms with van der Waals surface area (Å²) < 4.78 is 13.2. The molecule has 2 N–H and O–H groups in total. The zero-order chi connectivity index (χ0) is 13.0. The number of halogens is 1. The van der Waals surface area contributed by atoms with Gasteiger partial charge in [-0.3, -0.25) is 0 Å². The minimum atomic E-state index is -0.274. The van der Waals surface area contributed by atoms with Crippen LogP contribution in [-0.4, -0.2) is 16.5 Å².